The number of nitrogens with one attached hydrogen (secondary N) is 1. The van der Waals surface area contributed by atoms with E-state index in [1.165, 1.54) is 0 Å². The van der Waals surface area contributed by atoms with Gasteiger partial charge in [-0.05, 0) is 30.5 Å². The second-order valence-corrected chi connectivity index (χ2v) is 6.76. The molecule has 9 heteroatoms. The highest BCUT2D eigenvalue weighted by Crippen LogP contribution is 2.22. The molecule has 0 saturated carbocycles. The number of hydrogen-bond donors (Lipinski definition) is 1. The molecule has 0 fully saturated rings. The molecule has 0 aliphatic rings. The van der Waals surface area contributed by atoms with Gasteiger partial charge < -0.3 is 19.6 Å². The number of carbonyl (C=O) groups excluding carboxylic acids is 2. The normalized spacial score (nSPS) is 10.6. The van der Waals surface area contributed by atoms with E-state index >= 15 is 0 Å². The Morgan fingerprint density at radius 3 is 2.50 bits per heavy atom. The predicted molar refractivity (Wildman–Crippen MR) is 111 cm³/mol. The lowest BCUT2D eigenvalue weighted by Crippen LogP contribution is -2.27. The Bertz CT molecular complexity index is 818. The van der Waals surface area contributed by atoms with E-state index < -0.39 is 6.09 Å². The molecule has 0 atom stereocenters. The van der Waals surface area contributed by atoms with Crippen molar-refractivity contribution in [2.24, 2.45) is 0 Å². The van der Waals surface area contributed by atoms with Crippen molar-refractivity contribution < 1.29 is 28.5 Å². The van der Waals surface area contributed by atoms with Gasteiger partial charge in [0.15, 0.2) is 5.75 Å². The van der Waals surface area contributed by atoms with Crippen LogP contribution in [-0.2, 0) is 31.9 Å². The molecule has 1 amide bonds. The Labute approximate surface area is 177 Å². The minimum Gasteiger partial charge on any atom is -0.466 e. The van der Waals surface area contributed by atoms with E-state index in [0.717, 1.165) is 16.0 Å². The van der Waals surface area contributed by atoms with Gasteiger partial charge in [-0.2, -0.15) is 0 Å². The molecular formula is C21H25N2O6P. The first kappa shape index (κ1) is 23.3. The fourth-order valence-electron chi connectivity index (χ4n) is 2.51. The van der Waals surface area contributed by atoms with Crippen LogP contribution >= 0.6 is 8.61 Å². The van der Waals surface area contributed by atoms with Crippen molar-refractivity contribution >= 4 is 20.7 Å². The van der Waals surface area contributed by atoms with Gasteiger partial charge in [-0.25, -0.2) is 4.79 Å². The van der Waals surface area contributed by atoms with Crippen LogP contribution in [0.3, 0.4) is 0 Å². The number of carbonyl (C=O) groups is 2. The quantitative estimate of drug-likeness (QED) is 0.309. The van der Waals surface area contributed by atoms with Crippen molar-refractivity contribution in [3.8, 4) is 5.75 Å². The molecule has 2 aromatic carbocycles. The van der Waals surface area contributed by atoms with Crippen molar-refractivity contribution in [3.05, 3.63) is 65.7 Å². The second-order valence-electron chi connectivity index (χ2n) is 6.15. The summed E-state index contributed by atoms with van der Waals surface area (Å²) in [4.78, 5) is 30.1. The van der Waals surface area contributed by atoms with Gasteiger partial charge in [0.2, 0.25) is 0 Å². The maximum absolute atomic E-state index is 11.9. The first-order valence-electron chi connectivity index (χ1n) is 9.59. The number of ether oxygens (including phenoxy) is 2. The standard InChI is InChI=1S/C21H25N2O6P/c1-2-27-20(24)13-15-23(30-26)29-19-11-7-6-10-18(19)12-14-22-21(25)28-16-17-8-4-3-5-9-17/h3-11H,2,12-16H2,1H3,(H,22,25). The Morgan fingerprint density at radius 2 is 1.77 bits per heavy atom. The van der Waals surface area contributed by atoms with E-state index in [2.05, 4.69) is 5.32 Å². The third-order valence-corrected chi connectivity index (χ3v) is 4.42. The molecule has 2 aromatic rings. The fourth-order valence-corrected chi connectivity index (χ4v) is 2.81. The van der Waals surface area contributed by atoms with Gasteiger partial charge in [-0.3, -0.25) is 9.36 Å². The van der Waals surface area contributed by atoms with Gasteiger partial charge in [0.05, 0.1) is 19.6 Å². The number of amides is 1. The van der Waals surface area contributed by atoms with Crippen LogP contribution in [0.1, 0.15) is 24.5 Å². The Hall–Kier alpha value is -2.96. The van der Waals surface area contributed by atoms with E-state index in [1.807, 2.05) is 42.5 Å². The minimum atomic E-state index is -0.508. The zero-order valence-electron chi connectivity index (χ0n) is 16.8. The van der Waals surface area contributed by atoms with Gasteiger partial charge in [0, 0.05) is 6.54 Å². The highest BCUT2D eigenvalue weighted by atomic mass is 31.1. The summed E-state index contributed by atoms with van der Waals surface area (Å²) in [5, 5.41) is 2.70. The molecule has 0 aliphatic heterocycles. The van der Waals surface area contributed by atoms with Crippen molar-refractivity contribution in [2.45, 2.75) is 26.4 Å². The summed E-state index contributed by atoms with van der Waals surface area (Å²) in [5.74, 6) is 0.102. The molecule has 0 radical (unpaired) electrons. The number of hydroxylamine groups is 1. The molecule has 8 nitrogen and oxygen atoms in total. The molecule has 0 aromatic heterocycles. The summed E-state index contributed by atoms with van der Waals surface area (Å²) in [6.45, 7) is 2.66. The lowest BCUT2D eigenvalue weighted by molar-refractivity contribution is -0.144. The van der Waals surface area contributed by atoms with Crippen LogP contribution in [0.25, 0.3) is 0 Å². The molecule has 2 rings (SSSR count). The van der Waals surface area contributed by atoms with Gasteiger partial charge in [-0.15, -0.1) is 0 Å². The van der Waals surface area contributed by atoms with Crippen molar-refractivity contribution in [2.75, 3.05) is 19.7 Å². The van der Waals surface area contributed by atoms with E-state index in [1.54, 1.807) is 19.1 Å². The Morgan fingerprint density at radius 1 is 1.03 bits per heavy atom. The van der Waals surface area contributed by atoms with E-state index in [0.29, 0.717) is 25.3 Å². The number of nitrogens with zero attached hydrogens (tertiary/aromatic N) is 1. The maximum Gasteiger partial charge on any atom is 0.407 e. The highest BCUT2D eigenvalue weighted by molar-refractivity contribution is 7.20. The number of rotatable bonds is 12. The largest absolute Gasteiger partial charge is 0.466 e. The zero-order chi connectivity index (χ0) is 21.6. The number of alkyl carbamates (subject to hydrolysis) is 1. The Kier molecular flexibility index (Phi) is 10.3. The molecule has 0 spiro atoms. The van der Waals surface area contributed by atoms with Crippen LogP contribution in [-0.4, -0.2) is 36.6 Å². The van der Waals surface area contributed by atoms with Gasteiger partial charge >= 0.3 is 12.1 Å². The number of esters is 1. The second kappa shape index (κ2) is 13.3. The van der Waals surface area contributed by atoms with Crippen LogP contribution in [0, 0.1) is 0 Å². The number of benzene rings is 2. The molecule has 160 valence electrons. The molecule has 0 unspecified atom stereocenters. The third-order valence-electron chi connectivity index (χ3n) is 3.96. The molecule has 0 saturated heterocycles. The van der Waals surface area contributed by atoms with Gasteiger partial charge in [0.1, 0.15) is 6.61 Å². The molecular weight excluding hydrogens is 407 g/mol. The third kappa shape index (κ3) is 8.59. The summed E-state index contributed by atoms with van der Waals surface area (Å²) >= 11 is 0. The fraction of sp³-hybridized carbons (Fsp3) is 0.333. The molecule has 0 bridgehead atoms. The predicted octanol–water partition coefficient (Wildman–Crippen LogP) is 3.91. The van der Waals surface area contributed by atoms with E-state index in [-0.39, 0.29) is 34.2 Å². The SMILES string of the molecule is CCOC(=O)CCN(Oc1ccccc1CCNC(=O)OCc1ccccc1)P=O. The van der Waals surface area contributed by atoms with Crippen LogP contribution in [0.15, 0.2) is 54.6 Å². The molecule has 0 aliphatic carbocycles. The van der Waals surface area contributed by atoms with Crippen LogP contribution < -0.4 is 10.2 Å². The smallest absolute Gasteiger partial charge is 0.407 e. The summed E-state index contributed by atoms with van der Waals surface area (Å²) in [6, 6.07) is 16.6. The van der Waals surface area contributed by atoms with E-state index in [4.69, 9.17) is 14.3 Å². The van der Waals surface area contributed by atoms with Crippen LogP contribution in [0.5, 0.6) is 5.75 Å². The molecule has 1 N–H and O–H groups in total. The lowest BCUT2D eigenvalue weighted by Gasteiger charge is -2.17. The average molecular weight is 432 g/mol. The summed E-state index contributed by atoms with van der Waals surface area (Å²) in [5.41, 5.74) is 1.72. The first-order valence-corrected chi connectivity index (χ1v) is 10.4. The van der Waals surface area contributed by atoms with Crippen molar-refractivity contribution in [1.82, 2.24) is 10.2 Å². The minimum absolute atomic E-state index is 0.0556. The zero-order valence-corrected chi connectivity index (χ0v) is 17.7. The maximum atomic E-state index is 11.9. The lowest BCUT2D eigenvalue weighted by atomic mass is 10.1. The van der Waals surface area contributed by atoms with Gasteiger partial charge in [0.25, 0.3) is 8.61 Å². The van der Waals surface area contributed by atoms with E-state index in [9.17, 15) is 14.2 Å². The van der Waals surface area contributed by atoms with Crippen molar-refractivity contribution in [3.63, 3.8) is 0 Å². The van der Waals surface area contributed by atoms with Crippen LogP contribution in [0.2, 0.25) is 0 Å². The molecule has 0 heterocycles. The van der Waals surface area contributed by atoms with Crippen LogP contribution in [0.4, 0.5) is 4.79 Å². The topological polar surface area (TPSA) is 94.2 Å². The summed E-state index contributed by atoms with van der Waals surface area (Å²) in [7, 11) is -0.375. The monoisotopic (exact) mass is 432 g/mol. The summed E-state index contributed by atoms with van der Waals surface area (Å²) in [6.07, 6.45) is 0.0318. The number of hydrogen-bond acceptors (Lipinski definition) is 6. The van der Waals surface area contributed by atoms with Gasteiger partial charge in [-0.1, -0.05) is 53.4 Å². The number of para-hydroxylation sites is 1. The van der Waals surface area contributed by atoms with Crippen molar-refractivity contribution in [1.29, 1.82) is 0 Å². The summed E-state index contributed by atoms with van der Waals surface area (Å²) < 4.78 is 21.4. The highest BCUT2D eigenvalue weighted by Gasteiger charge is 2.13. The molecule has 30 heavy (non-hydrogen) atoms. The Balaban J connectivity index is 1.80. The first-order chi connectivity index (χ1) is 14.6. The average Bonchev–Trinajstić information content (AvgIpc) is 2.77.